The number of phosphoric acid groups is 3. The first kappa shape index (κ1) is 49.8. The third-order valence-corrected chi connectivity index (χ3v) is 12.2. The second-order valence-electron chi connectivity index (χ2n) is 14.0. The van der Waals surface area contributed by atoms with Gasteiger partial charge in [0.2, 0.25) is 0 Å². The number of rotatable bonds is 25. The number of nitrogen functional groups attached to an aromatic ring is 1. The number of imidazole rings is 1. The van der Waals surface area contributed by atoms with E-state index < -0.39 is 102 Å². The summed E-state index contributed by atoms with van der Waals surface area (Å²) >= 11 is 0.840. The van der Waals surface area contributed by atoms with E-state index in [1.807, 2.05) is 0 Å². The van der Waals surface area contributed by atoms with Gasteiger partial charge in [-0.2, -0.15) is 0 Å². The molecule has 328 valence electrons. The van der Waals surface area contributed by atoms with E-state index in [1.165, 1.54) is 20.8 Å². The van der Waals surface area contributed by atoms with Crippen LogP contribution in [-0.2, 0) is 55.5 Å². The summed E-state index contributed by atoms with van der Waals surface area (Å²) in [6.07, 6.45) is -8.20. The molecule has 1 saturated heterocycles. The van der Waals surface area contributed by atoms with Crippen LogP contribution in [0.1, 0.15) is 71.9 Å². The Kier molecular flexibility index (Phi) is 17.4. The lowest BCUT2D eigenvalue weighted by Crippen LogP contribution is -2.40. The number of nitrogens with zero attached hydrogens (tertiary/aromatic N) is 4. The van der Waals surface area contributed by atoms with Crippen molar-refractivity contribution in [3.8, 4) is 0 Å². The Morgan fingerprint density at radius 1 is 1.02 bits per heavy atom. The van der Waals surface area contributed by atoms with E-state index in [9.17, 15) is 67.8 Å². The third-order valence-electron chi connectivity index (χ3n) is 8.26. The largest absolute Gasteiger partial charge is 0.756 e. The van der Waals surface area contributed by atoms with Crippen LogP contribution < -0.4 is 20.4 Å². The molecule has 2 aromatic rings. The van der Waals surface area contributed by atoms with Gasteiger partial charge in [-0.05, 0) is 19.8 Å². The summed E-state index contributed by atoms with van der Waals surface area (Å²) in [5, 5.41) is 39.7. The van der Waals surface area contributed by atoms with Crippen molar-refractivity contribution in [2.75, 3.05) is 24.7 Å². The summed E-state index contributed by atoms with van der Waals surface area (Å²) in [5.41, 5.74) is 2.41. The smallest absolute Gasteiger partial charge is 0.306 e. The first-order chi connectivity index (χ1) is 26.6. The highest BCUT2D eigenvalue weighted by Gasteiger charge is 2.48. The zero-order valence-electron chi connectivity index (χ0n) is 31.1. The van der Waals surface area contributed by atoms with Crippen LogP contribution in [0.25, 0.3) is 11.2 Å². The average molecular weight is 907 g/mol. The normalized spacial score (nSPS) is 23.3. The molecule has 0 aromatic carbocycles. The molecule has 7 N–H and O–H groups in total. The number of Topliss-reactive ketones (excluding diaryl/α,β-unsaturated/α-hetero) is 2. The number of nitrogens with two attached hydrogens (primary N) is 1. The number of carbonyl (C=O) groups is 4. The fourth-order valence-electron chi connectivity index (χ4n) is 5.45. The first-order valence-corrected chi connectivity index (χ1v) is 22.5. The van der Waals surface area contributed by atoms with E-state index >= 15 is 0 Å². The predicted molar refractivity (Wildman–Crippen MR) is 190 cm³/mol. The number of carbonyl (C=O) groups excluding carboxylic acids is 3. The van der Waals surface area contributed by atoms with Crippen LogP contribution in [0.3, 0.4) is 0 Å². The number of fused-ring (bicyclic) bond motifs is 1. The van der Waals surface area contributed by atoms with Gasteiger partial charge >= 0.3 is 5.97 Å². The number of hydrogen-bond acceptors (Lipinski definition) is 23. The quantitative estimate of drug-likeness (QED) is 0.0506. The molecular weight excluding hydrogens is 863 g/mol. The fraction of sp³-hybridized carbons (Fsp3) is 0.690. The Bertz CT molecular complexity index is 1940. The Labute approximate surface area is 334 Å². The van der Waals surface area contributed by atoms with Crippen molar-refractivity contribution in [3.63, 3.8) is 0 Å². The number of ether oxygens (including phenoxy) is 1. The number of hydrogen-bond donors (Lipinski definition) is 6. The van der Waals surface area contributed by atoms with E-state index in [2.05, 4.69) is 32.8 Å². The summed E-state index contributed by atoms with van der Waals surface area (Å²) in [6, 6.07) is 0. The van der Waals surface area contributed by atoms with Gasteiger partial charge in [-0.25, -0.2) is 19.3 Å². The summed E-state index contributed by atoms with van der Waals surface area (Å²) in [5.74, 6) is -2.16. The lowest BCUT2D eigenvalue weighted by Gasteiger charge is -2.35. The Morgan fingerprint density at radius 3 is 2.29 bits per heavy atom. The molecule has 0 radical (unpaired) electrons. The van der Waals surface area contributed by atoms with Gasteiger partial charge in [0.25, 0.3) is 23.5 Å². The van der Waals surface area contributed by atoms with Gasteiger partial charge in [-0.3, -0.25) is 37.4 Å². The van der Waals surface area contributed by atoms with E-state index in [1.54, 1.807) is 0 Å². The van der Waals surface area contributed by atoms with Crippen LogP contribution in [0.15, 0.2) is 12.7 Å². The zero-order chi connectivity index (χ0) is 43.9. The number of aliphatic carboxylic acids is 1. The summed E-state index contributed by atoms with van der Waals surface area (Å²) in [7, 11) is -17.3. The number of thioether (sulfide) groups is 1. The van der Waals surface area contributed by atoms with Gasteiger partial charge in [-0.15, -0.1) is 0 Å². The number of ketones is 2. The molecule has 0 bridgehead atoms. The maximum atomic E-state index is 12.6. The molecule has 6 unspecified atom stereocenters. The molecule has 1 aliphatic heterocycles. The van der Waals surface area contributed by atoms with Crippen LogP contribution in [0, 0.1) is 5.41 Å². The highest BCUT2D eigenvalue weighted by Crippen LogP contribution is 2.56. The van der Waals surface area contributed by atoms with Gasteiger partial charge in [0.1, 0.15) is 42.0 Å². The molecule has 25 nitrogen and oxygen atoms in total. The molecule has 58 heavy (non-hydrogen) atoms. The number of anilines is 1. The molecule has 9 atom stereocenters. The van der Waals surface area contributed by atoms with Gasteiger partial charge in [0.15, 0.2) is 28.6 Å². The van der Waals surface area contributed by atoms with Crippen LogP contribution >= 0.6 is 35.2 Å². The Balaban J connectivity index is 1.47. The monoisotopic (exact) mass is 906 g/mol. The van der Waals surface area contributed by atoms with Crippen LogP contribution in [0.4, 0.5) is 5.82 Å². The van der Waals surface area contributed by atoms with E-state index in [0.29, 0.717) is 0 Å². The van der Waals surface area contributed by atoms with E-state index in [0.717, 1.165) is 29.0 Å². The van der Waals surface area contributed by atoms with E-state index in [4.69, 9.17) is 15.6 Å². The maximum absolute atomic E-state index is 12.6. The second-order valence-corrected chi connectivity index (χ2v) is 19.3. The van der Waals surface area contributed by atoms with Gasteiger partial charge in [0.05, 0.1) is 31.6 Å². The minimum atomic E-state index is -5.91. The van der Waals surface area contributed by atoms with Gasteiger partial charge in [-0.1, -0.05) is 25.6 Å². The lowest BCUT2D eigenvalue weighted by atomic mass is 9.84. The minimum absolute atomic E-state index is 0.0105. The molecule has 3 rings (SSSR count). The Morgan fingerprint density at radius 2 is 1.66 bits per heavy atom. The number of carboxylic acids is 1. The van der Waals surface area contributed by atoms with Gasteiger partial charge in [0, 0.05) is 36.9 Å². The zero-order valence-corrected chi connectivity index (χ0v) is 34.6. The molecule has 0 amide bonds. The minimum Gasteiger partial charge on any atom is -0.756 e. The Hall–Kier alpha value is -2.61. The number of aromatic nitrogens is 4. The average Bonchev–Trinajstić information content (AvgIpc) is 3.63. The SMILES string of the molecule is CC(O)(CC(=O)O)CC(=O)SCCCC(=O)CCCC(=O)C(O)C(C)(C)COP(=O)([O-])OP(=O)([O-])OC[C@H]1O[C@@H](n2cnc3c(N)ncnc32)[C@@H](O)C1OP(=O)([O-])O. The molecule has 1 aliphatic rings. The van der Waals surface area contributed by atoms with Crippen LogP contribution in [0.5, 0.6) is 0 Å². The van der Waals surface area contributed by atoms with E-state index in [-0.39, 0.29) is 67.0 Å². The van der Waals surface area contributed by atoms with Crippen LogP contribution in [0.2, 0.25) is 0 Å². The van der Waals surface area contributed by atoms with Crippen molar-refractivity contribution < 1.29 is 95.5 Å². The summed E-state index contributed by atoms with van der Waals surface area (Å²) in [6.45, 7) is 1.42. The number of carboxylic acid groups (broad SMARTS) is 1. The topological polar surface area (TPSA) is 406 Å². The predicted octanol–water partition coefficient (Wildman–Crippen LogP) is -1.15. The van der Waals surface area contributed by atoms with Crippen molar-refractivity contribution in [2.45, 2.75) is 102 Å². The molecule has 1 fully saturated rings. The molecule has 0 saturated carbocycles. The number of aliphatic hydroxyl groups excluding tert-OH is 2. The highest BCUT2D eigenvalue weighted by atomic mass is 32.2. The van der Waals surface area contributed by atoms with Crippen molar-refractivity contribution >= 4 is 74.9 Å². The number of phosphoric ester groups is 3. The second kappa shape index (κ2) is 20.3. The highest BCUT2D eigenvalue weighted by molar-refractivity contribution is 8.13. The van der Waals surface area contributed by atoms with Crippen LogP contribution in [-0.4, -0.2) is 116 Å². The summed E-state index contributed by atoms with van der Waals surface area (Å²) < 4.78 is 60.8. The summed E-state index contributed by atoms with van der Waals surface area (Å²) in [4.78, 5) is 105. The van der Waals surface area contributed by atoms with Gasteiger partial charge < -0.3 is 64.0 Å². The van der Waals surface area contributed by atoms with Crippen molar-refractivity contribution in [1.82, 2.24) is 19.5 Å². The molecule has 0 spiro atoms. The molecule has 0 aliphatic carbocycles. The standard InChI is InChI=1S/C29H46N5O20P3S/c1-28(2,24(41)17(36)8-4-6-16(35)7-5-9-58-20(39)11-29(3,42)10-19(37)38)13-51-57(48,49)54-56(46,47)50-12-18-23(53-55(43,44)45)22(40)27(52-18)34-15-33-21-25(30)31-14-32-26(21)34/h14-15,18,22-24,27,40-42H,4-13H2,1-3H3,(H,37,38)(H,46,47)(H,48,49)(H2,30,31,32)(H2,43,44,45)/p-3/t18-,22+,23?,24?,27-,29?/m1/s1. The van der Waals surface area contributed by atoms with Crippen molar-refractivity contribution in [1.29, 1.82) is 0 Å². The molecule has 2 aromatic heterocycles. The van der Waals surface area contributed by atoms with Crippen molar-refractivity contribution in [2.24, 2.45) is 5.41 Å². The van der Waals surface area contributed by atoms with Crippen molar-refractivity contribution in [3.05, 3.63) is 12.7 Å². The fourth-order valence-corrected chi connectivity index (χ4v) is 9.12. The third kappa shape index (κ3) is 15.4. The molecule has 29 heteroatoms. The lowest BCUT2D eigenvalue weighted by molar-refractivity contribution is -0.247. The molecule has 3 heterocycles. The maximum Gasteiger partial charge on any atom is 0.306 e. The number of aliphatic hydroxyl groups is 3. The first-order valence-electron chi connectivity index (χ1n) is 17.1. The molecular formula is C29H43N5O20P3S-3.